The molecule has 5 heteroatoms. The van der Waals surface area contributed by atoms with E-state index in [-0.39, 0.29) is 5.75 Å². The maximum absolute atomic E-state index is 12.3. The van der Waals surface area contributed by atoms with Crippen LogP contribution in [0.25, 0.3) is 0 Å². The number of benzene rings is 1. The molecule has 18 heavy (non-hydrogen) atoms. The van der Waals surface area contributed by atoms with Crippen LogP contribution in [0.3, 0.4) is 0 Å². The topological polar surface area (TPSA) is 24.5 Å². The van der Waals surface area contributed by atoms with Gasteiger partial charge in [-0.2, -0.15) is 8.78 Å². The van der Waals surface area contributed by atoms with E-state index in [2.05, 4.69) is 15.0 Å². The van der Waals surface area contributed by atoms with E-state index < -0.39 is 6.61 Å². The van der Waals surface area contributed by atoms with Crippen molar-refractivity contribution in [3.05, 3.63) is 23.8 Å². The number of nitrogens with one attached hydrogen (secondary N) is 1. The summed E-state index contributed by atoms with van der Waals surface area (Å²) in [6.07, 6.45) is 1.06. The normalized spacial score (nSPS) is 19.6. The number of hydrogen-bond acceptors (Lipinski definition) is 3. The molecule has 0 bridgehead atoms. The predicted octanol–water partition coefficient (Wildman–Crippen LogP) is 2.39. The highest BCUT2D eigenvalue weighted by Crippen LogP contribution is 2.28. The number of likely N-dealkylation sites (N-methyl/N-ethyl adjacent to an activating group) is 1. The van der Waals surface area contributed by atoms with Crippen molar-refractivity contribution < 1.29 is 13.5 Å². The minimum Gasteiger partial charge on any atom is -0.434 e. The highest BCUT2D eigenvalue weighted by molar-refractivity contribution is 5.54. The Morgan fingerprint density at radius 2 is 2.22 bits per heavy atom. The molecule has 1 N–H and O–H groups in total. The number of alkyl halides is 2. The summed E-state index contributed by atoms with van der Waals surface area (Å²) >= 11 is 0. The molecule has 1 saturated heterocycles. The first-order chi connectivity index (χ1) is 8.60. The number of hydrogen-bond donors (Lipinski definition) is 1. The lowest BCUT2D eigenvalue weighted by atomic mass is 10.2. The van der Waals surface area contributed by atoms with Gasteiger partial charge in [-0.1, -0.05) is 6.07 Å². The largest absolute Gasteiger partial charge is 0.434 e. The number of aryl methyl sites for hydroxylation is 1. The van der Waals surface area contributed by atoms with Crippen LogP contribution in [0.2, 0.25) is 0 Å². The Bertz CT molecular complexity index is 412. The van der Waals surface area contributed by atoms with E-state index in [0.29, 0.717) is 6.04 Å². The van der Waals surface area contributed by atoms with Gasteiger partial charge in [0.25, 0.3) is 0 Å². The summed E-state index contributed by atoms with van der Waals surface area (Å²) in [6.45, 7) is 0.820. The van der Waals surface area contributed by atoms with Gasteiger partial charge in [0, 0.05) is 30.9 Å². The quantitative estimate of drug-likeness (QED) is 0.895. The van der Waals surface area contributed by atoms with Gasteiger partial charge >= 0.3 is 6.61 Å². The summed E-state index contributed by atoms with van der Waals surface area (Å²) < 4.78 is 29.1. The van der Waals surface area contributed by atoms with E-state index in [1.165, 1.54) is 0 Å². The molecule has 0 radical (unpaired) electrons. The zero-order chi connectivity index (χ0) is 13.1. The van der Waals surface area contributed by atoms with Crippen molar-refractivity contribution in [3.63, 3.8) is 0 Å². The molecule has 0 aliphatic carbocycles. The molecule has 100 valence electrons. The second-order valence-electron chi connectivity index (χ2n) is 4.55. The Morgan fingerprint density at radius 1 is 1.44 bits per heavy atom. The van der Waals surface area contributed by atoms with Crippen molar-refractivity contribution in [2.45, 2.75) is 26.0 Å². The highest BCUT2D eigenvalue weighted by Gasteiger charge is 2.21. The lowest BCUT2D eigenvalue weighted by Crippen LogP contribution is -2.29. The van der Waals surface area contributed by atoms with Crippen LogP contribution in [-0.2, 0) is 0 Å². The number of anilines is 1. The monoisotopic (exact) mass is 256 g/mol. The van der Waals surface area contributed by atoms with E-state index in [9.17, 15) is 8.78 Å². The molecule has 1 aliphatic rings. The maximum atomic E-state index is 12.3. The third-order valence-electron chi connectivity index (χ3n) is 3.35. The first-order valence-corrected chi connectivity index (χ1v) is 6.08. The SMILES string of the molecule is CNC1CCN(c2ccc(C)c(OC(F)F)c2)C1. The molecular weight excluding hydrogens is 238 g/mol. The van der Waals surface area contributed by atoms with Crippen LogP contribution in [0.15, 0.2) is 18.2 Å². The molecule has 1 aromatic carbocycles. The fraction of sp³-hybridized carbons (Fsp3) is 0.538. The molecule has 1 aliphatic heterocycles. The van der Waals surface area contributed by atoms with E-state index in [1.807, 2.05) is 19.2 Å². The van der Waals surface area contributed by atoms with Gasteiger partial charge in [0.15, 0.2) is 0 Å². The molecular formula is C13H18F2N2O. The fourth-order valence-electron chi connectivity index (χ4n) is 2.24. The van der Waals surface area contributed by atoms with Crippen molar-refractivity contribution in [2.24, 2.45) is 0 Å². The Kier molecular flexibility index (Phi) is 4.01. The molecule has 0 amide bonds. The van der Waals surface area contributed by atoms with Crippen LogP contribution in [0.1, 0.15) is 12.0 Å². The Labute approximate surface area is 106 Å². The molecule has 1 unspecified atom stereocenters. The third kappa shape index (κ3) is 2.90. The lowest BCUT2D eigenvalue weighted by Gasteiger charge is -2.20. The van der Waals surface area contributed by atoms with Crippen molar-refractivity contribution in [1.82, 2.24) is 5.32 Å². The highest BCUT2D eigenvalue weighted by atomic mass is 19.3. The van der Waals surface area contributed by atoms with Crippen molar-refractivity contribution in [1.29, 1.82) is 0 Å². The second kappa shape index (κ2) is 5.52. The van der Waals surface area contributed by atoms with Crippen LogP contribution in [-0.4, -0.2) is 32.8 Å². The molecule has 3 nitrogen and oxygen atoms in total. The van der Waals surface area contributed by atoms with Crippen molar-refractivity contribution in [2.75, 3.05) is 25.0 Å². The van der Waals surface area contributed by atoms with E-state index in [0.717, 1.165) is 30.8 Å². The van der Waals surface area contributed by atoms with E-state index >= 15 is 0 Å². The van der Waals surface area contributed by atoms with Gasteiger partial charge in [0.2, 0.25) is 0 Å². The van der Waals surface area contributed by atoms with Crippen molar-refractivity contribution in [3.8, 4) is 5.75 Å². The van der Waals surface area contributed by atoms with Crippen molar-refractivity contribution >= 4 is 5.69 Å². The zero-order valence-corrected chi connectivity index (χ0v) is 10.6. The third-order valence-corrected chi connectivity index (χ3v) is 3.35. The van der Waals surface area contributed by atoms with Gasteiger partial charge in [-0.3, -0.25) is 0 Å². The minimum absolute atomic E-state index is 0.260. The minimum atomic E-state index is -2.78. The second-order valence-corrected chi connectivity index (χ2v) is 4.55. The molecule has 2 rings (SSSR count). The number of halogens is 2. The average Bonchev–Trinajstić information content (AvgIpc) is 2.80. The number of rotatable bonds is 4. The van der Waals surface area contributed by atoms with Crippen LogP contribution in [0.5, 0.6) is 5.75 Å². The predicted molar refractivity (Wildman–Crippen MR) is 67.5 cm³/mol. The molecule has 0 spiro atoms. The molecule has 0 aromatic heterocycles. The lowest BCUT2D eigenvalue weighted by molar-refractivity contribution is -0.0502. The van der Waals surface area contributed by atoms with Gasteiger partial charge in [0.1, 0.15) is 5.75 Å². The Morgan fingerprint density at radius 3 is 2.83 bits per heavy atom. The van der Waals surface area contributed by atoms with Gasteiger partial charge in [-0.05, 0) is 32.0 Å². The summed E-state index contributed by atoms with van der Waals surface area (Å²) in [4.78, 5) is 2.18. The Hall–Kier alpha value is -1.36. The number of ether oxygens (including phenoxy) is 1. The zero-order valence-electron chi connectivity index (χ0n) is 10.6. The van der Waals surface area contributed by atoms with E-state index in [1.54, 1.807) is 13.0 Å². The first-order valence-electron chi connectivity index (χ1n) is 6.08. The summed E-state index contributed by atoms with van der Waals surface area (Å²) in [5.41, 5.74) is 1.66. The molecule has 1 aromatic rings. The first kappa shape index (κ1) is 13.1. The summed E-state index contributed by atoms with van der Waals surface area (Å²) in [6, 6.07) is 5.93. The van der Waals surface area contributed by atoms with Crippen LogP contribution in [0.4, 0.5) is 14.5 Å². The van der Waals surface area contributed by atoms with Gasteiger partial charge in [-0.25, -0.2) is 0 Å². The van der Waals surface area contributed by atoms with Crippen LogP contribution in [0, 0.1) is 6.92 Å². The van der Waals surface area contributed by atoms with Crippen LogP contribution < -0.4 is 15.0 Å². The number of nitrogens with zero attached hydrogens (tertiary/aromatic N) is 1. The van der Waals surface area contributed by atoms with Crippen LogP contribution >= 0.6 is 0 Å². The van der Waals surface area contributed by atoms with E-state index in [4.69, 9.17) is 0 Å². The van der Waals surface area contributed by atoms with Gasteiger partial charge in [-0.15, -0.1) is 0 Å². The molecule has 0 saturated carbocycles. The summed E-state index contributed by atoms with van der Waals surface area (Å²) in [5, 5.41) is 3.23. The average molecular weight is 256 g/mol. The smallest absolute Gasteiger partial charge is 0.387 e. The fourth-order valence-corrected chi connectivity index (χ4v) is 2.24. The Balaban J connectivity index is 2.14. The standard InChI is InChI=1S/C13H18F2N2O/c1-9-3-4-11(7-12(9)18-13(14)15)17-6-5-10(8-17)16-2/h3-4,7,10,13,16H,5-6,8H2,1-2H3. The van der Waals surface area contributed by atoms with Gasteiger partial charge < -0.3 is 15.0 Å². The van der Waals surface area contributed by atoms with Gasteiger partial charge in [0.05, 0.1) is 0 Å². The summed E-state index contributed by atoms with van der Waals surface area (Å²) in [5.74, 6) is 0.260. The molecule has 1 fully saturated rings. The molecule has 1 atom stereocenters. The summed E-state index contributed by atoms with van der Waals surface area (Å²) in [7, 11) is 1.94. The maximum Gasteiger partial charge on any atom is 0.387 e. The molecule has 1 heterocycles.